The largest absolute Gasteiger partial charge is 0.464 e. The summed E-state index contributed by atoms with van der Waals surface area (Å²) in [6, 6.07) is 22.5. The van der Waals surface area contributed by atoms with Gasteiger partial charge in [0.05, 0.1) is 6.61 Å². The van der Waals surface area contributed by atoms with E-state index in [-0.39, 0.29) is 12.5 Å². The van der Waals surface area contributed by atoms with Crippen LogP contribution in [0.25, 0.3) is 0 Å². The van der Waals surface area contributed by atoms with Gasteiger partial charge in [-0.15, -0.1) is 0 Å². The number of benzene rings is 3. The Morgan fingerprint density at radius 1 is 0.844 bits per heavy atom. The van der Waals surface area contributed by atoms with Gasteiger partial charge in [0.1, 0.15) is 6.04 Å². The monoisotopic (exact) mass is 430 g/mol. The summed E-state index contributed by atoms with van der Waals surface area (Å²) in [6.07, 6.45) is 0.314. The van der Waals surface area contributed by atoms with E-state index in [0.717, 1.165) is 11.1 Å². The molecule has 0 saturated heterocycles. The van der Waals surface area contributed by atoms with Crippen molar-refractivity contribution < 1.29 is 19.1 Å². The van der Waals surface area contributed by atoms with Crippen LogP contribution >= 0.6 is 0 Å². The highest BCUT2D eigenvalue weighted by Gasteiger charge is 2.23. The maximum absolute atomic E-state index is 12.9. The first-order chi connectivity index (χ1) is 15.5. The molecule has 2 N–H and O–H groups in total. The van der Waals surface area contributed by atoms with Gasteiger partial charge in [0, 0.05) is 23.2 Å². The second-order valence-corrected chi connectivity index (χ2v) is 7.32. The van der Waals surface area contributed by atoms with Crippen molar-refractivity contribution >= 4 is 23.5 Å². The van der Waals surface area contributed by atoms with E-state index >= 15 is 0 Å². The zero-order chi connectivity index (χ0) is 22.9. The van der Waals surface area contributed by atoms with E-state index in [0.29, 0.717) is 23.2 Å². The van der Waals surface area contributed by atoms with Crippen molar-refractivity contribution in [3.63, 3.8) is 0 Å². The molecule has 0 aliphatic rings. The van der Waals surface area contributed by atoms with Crippen LogP contribution < -0.4 is 10.6 Å². The molecular weight excluding hydrogens is 404 g/mol. The molecule has 0 fully saturated rings. The minimum atomic E-state index is -0.825. The zero-order valence-corrected chi connectivity index (χ0v) is 18.1. The standard InChI is InChI=1S/C26H26N2O4/c1-3-32-26(31)23(16-19-10-6-4-7-11-19)28-25(30)21-15-14-18(2)22(17-21)27-24(29)20-12-8-5-9-13-20/h4-15,17,23H,3,16H2,1-2H3,(H,27,29)(H,28,30). The first-order valence-corrected chi connectivity index (χ1v) is 10.5. The summed E-state index contributed by atoms with van der Waals surface area (Å²) in [6.45, 7) is 3.79. The molecule has 32 heavy (non-hydrogen) atoms. The van der Waals surface area contributed by atoms with Crippen molar-refractivity contribution in [2.24, 2.45) is 0 Å². The molecule has 0 aromatic heterocycles. The number of ether oxygens (including phenoxy) is 1. The van der Waals surface area contributed by atoms with Crippen molar-refractivity contribution in [1.82, 2.24) is 5.32 Å². The topological polar surface area (TPSA) is 84.5 Å². The molecule has 0 heterocycles. The highest BCUT2D eigenvalue weighted by Crippen LogP contribution is 2.18. The number of hydrogen-bond acceptors (Lipinski definition) is 4. The van der Waals surface area contributed by atoms with Crippen LogP contribution in [0.1, 0.15) is 38.8 Å². The van der Waals surface area contributed by atoms with E-state index in [9.17, 15) is 14.4 Å². The van der Waals surface area contributed by atoms with E-state index < -0.39 is 17.9 Å². The van der Waals surface area contributed by atoms with Gasteiger partial charge < -0.3 is 15.4 Å². The lowest BCUT2D eigenvalue weighted by Crippen LogP contribution is -2.43. The SMILES string of the molecule is CCOC(=O)C(Cc1ccccc1)NC(=O)c1ccc(C)c(NC(=O)c2ccccc2)c1. The Morgan fingerprint density at radius 2 is 1.50 bits per heavy atom. The summed E-state index contributed by atoms with van der Waals surface area (Å²) < 4.78 is 5.15. The fraction of sp³-hybridized carbons (Fsp3) is 0.192. The average Bonchev–Trinajstić information content (AvgIpc) is 2.81. The third kappa shape index (κ3) is 6.04. The molecule has 0 spiro atoms. The van der Waals surface area contributed by atoms with Crippen molar-refractivity contribution in [1.29, 1.82) is 0 Å². The molecule has 164 valence electrons. The summed E-state index contributed by atoms with van der Waals surface area (Å²) in [7, 11) is 0. The van der Waals surface area contributed by atoms with Gasteiger partial charge in [-0.3, -0.25) is 9.59 Å². The normalized spacial score (nSPS) is 11.3. The average molecular weight is 431 g/mol. The first-order valence-electron chi connectivity index (χ1n) is 10.5. The maximum Gasteiger partial charge on any atom is 0.328 e. The Hall–Kier alpha value is -3.93. The number of carbonyl (C=O) groups is 3. The molecule has 2 amide bonds. The number of aryl methyl sites for hydroxylation is 1. The molecule has 0 bridgehead atoms. The number of anilines is 1. The van der Waals surface area contributed by atoms with E-state index in [1.54, 1.807) is 49.4 Å². The lowest BCUT2D eigenvalue weighted by atomic mass is 10.0. The van der Waals surface area contributed by atoms with Crippen molar-refractivity contribution in [3.05, 3.63) is 101 Å². The molecule has 0 aliphatic carbocycles. The molecule has 3 aromatic rings. The number of esters is 1. The summed E-state index contributed by atoms with van der Waals surface area (Å²) >= 11 is 0. The van der Waals surface area contributed by atoms with Gasteiger partial charge >= 0.3 is 5.97 Å². The predicted molar refractivity (Wildman–Crippen MR) is 124 cm³/mol. The van der Waals surface area contributed by atoms with Gasteiger partial charge in [0.15, 0.2) is 0 Å². The highest BCUT2D eigenvalue weighted by molar-refractivity contribution is 6.05. The second-order valence-electron chi connectivity index (χ2n) is 7.32. The third-order valence-electron chi connectivity index (χ3n) is 4.94. The van der Waals surface area contributed by atoms with Crippen LogP contribution in [-0.4, -0.2) is 30.4 Å². The molecule has 1 unspecified atom stereocenters. The Kier molecular flexibility index (Phi) is 7.75. The van der Waals surface area contributed by atoms with Crippen molar-refractivity contribution in [2.75, 3.05) is 11.9 Å². The molecule has 3 rings (SSSR count). The van der Waals surface area contributed by atoms with Crippen molar-refractivity contribution in [2.45, 2.75) is 26.3 Å². The van der Waals surface area contributed by atoms with Gasteiger partial charge in [0.25, 0.3) is 11.8 Å². The lowest BCUT2D eigenvalue weighted by Gasteiger charge is -2.18. The summed E-state index contributed by atoms with van der Waals surface area (Å²) in [5, 5.41) is 5.62. The van der Waals surface area contributed by atoms with E-state index in [1.807, 2.05) is 43.3 Å². The fourth-order valence-electron chi connectivity index (χ4n) is 3.21. The molecular formula is C26H26N2O4. The minimum absolute atomic E-state index is 0.222. The molecule has 3 aromatic carbocycles. The van der Waals surface area contributed by atoms with Crippen LogP contribution in [0.3, 0.4) is 0 Å². The van der Waals surface area contributed by atoms with Crippen LogP contribution in [-0.2, 0) is 16.0 Å². The van der Waals surface area contributed by atoms with Gasteiger partial charge in [-0.1, -0.05) is 54.6 Å². The lowest BCUT2D eigenvalue weighted by molar-refractivity contribution is -0.145. The van der Waals surface area contributed by atoms with Crippen molar-refractivity contribution in [3.8, 4) is 0 Å². The molecule has 6 nitrogen and oxygen atoms in total. The number of amides is 2. The van der Waals surface area contributed by atoms with Gasteiger partial charge in [-0.25, -0.2) is 4.79 Å². The van der Waals surface area contributed by atoms with E-state index in [1.165, 1.54) is 0 Å². The van der Waals surface area contributed by atoms with Gasteiger partial charge in [-0.2, -0.15) is 0 Å². The van der Waals surface area contributed by atoms with Crippen LogP contribution in [0.4, 0.5) is 5.69 Å². The van der Waals surface area contributed by atoms with Gasteiger partial charge in [-0.05, 0) is 49.2 Å². The van der Waals surface area contributed by atoms with Crippen LogP contribution in [0.2, 0.25) is 0 Å². The van der Waals surface area contributed by atoms with Crippen LogP contribution in [0.15, 0.2) is 78.9 Å². The Morgan fingerprint density at radius 3 is 2.16 bits per heavy atom. The quantitative estimate of drug-likeness (QED) is 0.526. The smallest absolute Gasteiger partial charge is 0.328 e. The summed E-state index contributed by atoms with van der Waals surface area (Å²) in [5.74, 6) is -1.18. The Bertz CT molecular complexity index is 1080. The minimum Gasteiger partial charge on any atom is -0.464 e. The third-order valence-corrected chi connectivity index (χ3v) is 4.94. The van der Waals surface area contributed by atoms with E-state index in [4.69, 9.17) is 4.74 Å². The highest BCUT2D eigenvalue weighted by atomic mass is 16.5. The second kappa shape index (κ2) is 10.9. The van der Waals surface area contributed by atoms with Crippen LogP contribution in [0.5, 0.6) is 0 Å². The Balaban J connectivity index is 1.77. The number of hydrogen-bond donors (Lipinski definition) is 2. The number of carbonyl (C=O) groups excluding carboxylic acids is 3. The van der Waals surface area contributed by atoms with Crippen LogP contribution in [0, 0.1) is 6.92 Å². The predicted octanol–water partition coefficient (Wildman–Crippen LogP) is 4.15. The maximum atomic E-state index is 12.9. The Labute approximate surface area is 187 Å². The zero-order valence-electron chi connectivity index (χ0n) is 18.1. The molecule has 0 aliphatic heterocycles. The molecule has 6 heteroatoms. The van der Waals surface area contributed by atoms with E-state index in [2.05, 4.69) is 10.6 Å². The molecule has 0 saturated carbocycles. The number of nitrogens with one attached hydrogen (secondary N) is 2. The molecule has 0 radical (unpaired) electrons. The summed E-state index contributed by atoms with van der Waals surface area (Å²) in [4.78, 5) is 37.9. The molecule has 1 atom stereocenters. The summed E-state index contributed by atoms with van der Waals surface area (Å²) in [5.41, 5.74) is 3.11. The fourth-order valence-corrected chi connectivity index (χ4v) is 3.21. The first kappa shape index (κ1) is 22.7. The van der Waals surface area contributed by atoms with Gasteiger partial charge in [0.2, 0.25) is 0 Å². The number of rotatable bonds is 8.